The highest BCUT2D eigenvalue weighted by Gasteiger charge is 2.01. The van der Waals surface area contributed by atoms with Crippen molar-refractivity contribution < 1.29 is 0 Å². The van der Waals surface area contributed by atoms with Crippen LogP contribution in [0.4, 0.5) is 5.69 Å². The molecule has 2 aromatic rings. The van der Waals surface area contributed by atoms with E-state index >= 15 is 0 Å². The average molecular weight is 233 g/mol. The van der Waals surface area contributed by atoms with E-state index in [4.69, 9.17) is 0 Å². The summed E-state index contributed by atoms with van der Waals surface area (Å²) in [6.07, 6.45) is 1.92. The van der Waals surface area contributed by atoms with Crippen molar-refractivity contribution in [2.45, 2.75) is 27.3 Å². The van der Waals surface area contributed by atoms with Gasteiger partial charge in [-0.1, -0.05) is 0 Å². The standard InChI is InChI=1S/C12H15N3S/c1-8-4-5-12(9(2)15-8)14-7-11-6-13-10(3)16-11/h4-6,14H,7H2,1-3H3. The summed E-state index contributed by atoms with van der Waals surface area (Å²) in [6, 6.07) is 4.10. The predicted molar refractivity (Wildman–Crippen MR) is 67.9 cm³/mol. The molecule has 3 nitrogen and oxygen atoms in total. The molecule has 0 bridgehead atoms. The Hall–Kier alpha value is -1.42. The van der Waals surface area contributed by atoms with Gasteiger partial charge in [-0.25, -0.2) is 4.98 Å². The van der Waals surface area contributed by atoms with Crippen molar-refractivity contribution in [3.05, 3.63) is 39.6 Å². The van der Waals surface area contributed by atoms with Gasteiger partial charge in [0.1, 0.15) is 0 Å². The first-order valence-electron chi connectivity index (χ1n) is 5.24. The van der Waals surface area contributed by atoms with Crippen LogP contribution in [0, 0.1) is 20.8 Å². The van der Waals surface area contributed by atoms with E-state index in [2.05, 4.69) is 21.4 Å². The molecule has 0 unspecified atom stereocenters. The molecule has 0 atom stereocenters. The third kappa shape index (κ3) is 2.58. The lowest BCUT2D eigenvalue weighted by atomic mass is 10.2. The Bertz CT molecular complexity index is 491. The van der Waals surface area contributed by atoms with E-state index in [-0.39, 0.29) is 0 Å². The molecule has 0 saturated heterocycles. The van der Waals surface area contributed by atoms with E-state index in [1.165, 1.54) is 4.88 Å². The monoisotopic (exact) mass is 233 g/mol. The van der Waals surface area contributed by atoms with Crippen LogP contribution in [0.2, 0.25) is 0 Å². The normalized spacial score (nSPS) is 10.4. The van der Waals surface area contributed by atoms with Crippen LogP contribution in [0.25, 0.3) is 0 Å². The van der Waals surface area contributed by atoms with Crippen molar-refractivity contribution in [3.8, 4) is 0 Å². The second kappa shape index (κ2) is 4.61. The van der Waals surface area contributed by atoms with Crippen LogP contribution < -0.4 is 5.32 Å². The van der Waals surface area contributed by atoms with Crippen molar-refractivity contribution in [2.24, 2.45) is 0 Å². The largest absolute Gasteiger partial charge is 0.379 e. The summed E-state index contributed by atoms with van der Waals surface area (Å²) >= 11 is 1.72. The smallest absolute Gasteiger partial charge is 0.0897 e. The van der Waals surface area contributed by atoms with E-state index in [1.54, 1.807) is 11.3 Å². The number of aromatic nitrogens is 2. The summed E-state index contributed by atoms with van der Waals surface area (Å²) in [5, 5.41) is 4.48. The van der Waals surface area contributed by atoms with E-state index in [0.29, 0.717) is 0 Å². The van der Waals surface area contributed by atoms with Crippen LogP contribution in [0.15, 0.2) is 18.3 Å². The average Bonchev–Trinajstić information content (AvgIpc) is 2.63. The zero-order chi connectivity index (χ0) is 11.5. The minimum atomic E-state index is 0.817. The molecule has 0 spiro atoms. The highest BCUT2D eigenvalue weighted by Crippen LogP contribution is 2.16. The van der Waals surface area contributed by atoms with Gasteiger partial charge in [-0.15, -0.1) is 11.3 Å². The van der Waals surface area contributed by atoms with Gasteiger partial charge in [0.05, 0.1) is 22.9 Å². The fourth-order valence-corrected chi connectivity index (χ4v) is 2.28. The molecule has 0 fully saturated rings. The number of thiazole rings is 1. The van der Waals surface area contributed by atoms with Gasteiger partial charge >= 0.3 is 0 Å². The zero-order valence-electron chi connectivity index (χ0n) is 9.74. The molecular formula is C12H15N3S. The second-order valence-electron chi connectivity index (χ2n) is 3.78. The minimum absolute atomic E-state index is 0.817. The zero-order valence-corrected chi connectivity index (χ0v) is 10.6. The van der Waals surface area contributed by atoms with Crippen LogP contribution in [-0.2, 0) is 6.54 Å². The molecule has 2 rings (SSSR count). The summed E-state index contributed by atoms with van der Waals surface area (Å²) < 4.78 is 0. The first kappa shape index (κ1) is 11.1. The van der Waals surface area contributed by atoms with E-state index in [9.17, 15) is 0 Å². The summed E-state index contributed by atoms with van der Waals surface area (Å²) in [5.41, 5.74) is 3.19. The third-order valence-electron chi connectivity index (χ3n) is 2.35. The number of rotatable bonds is 3. The molecule has 0 aliphatic carbocycles. The Kier molecular flexibility index (Phi) is 3.19. The molecule has 4 heteroatoms. The first-order valence-corrected chi connectivity index (χ1v) is 6.06. The molecular weight excluding hydrogens is 218 g/mol. The molecule has 0 aliphatic rings. The lowest BCUT2D eigenvalue weighted by Gasteiger charge is -2.07. The Morgan fingerprint density at radius 1 is 1.25 bits per heavy atom. The summed E-state index contributed by atoms with van der Waals surface area (Å²) in [7, 11) is 0. The highest BCUT2D eigenvalue weighted by atomic mass is 32.1. The maximum atomic E-state index is 4.42. The number of pyridine rings is 1. The lowest BCUT2D eigenvalue weighted by molar-refractivity contribution is 1.09. The summed E-state index contributed by atoms with van der Waals surface area (Å²) in [5.74, 6) is 0. The summed E-state index contributed by atoms with van der Waals surface area (Å²) in [4.78, 5) is 9.89. The fourth-order valence-electron chi connectivity index (χ4n) is 1.54. The van der Waals surface area contributed by atoms with Gasteiger partial charge in [0.2, 0.25) is 0 Å². The summed E-state index contributed by atoms with van der Waals surface area (Å²) in [6.45, 7) is 6.86. The molecule has 0 saturated carbocycles. The number of anilines is 1. The molecule has 0 amide bonds. The van der Waals surface area contributed by atoms with Gasteiger partial charge in [-0.05, 0) is 32.9 Å². The van der Waals surface area contributed by atoms with Gasteiger partial charge in [-0.3, -0.25) is 4.98 Å². The molecule has 2 heterocycles. The molecule has 0 radical (unpaired) electrons. The maximum Gasteiger partial charge on any atom is 0.0897 e. The van der Waals surface area contributed by atoms with Gasteiger partial charge in [0, 0.05) is 16.8 Å². The van der Waals surface area contributed by atoms with Gasteiger partial charge < -0.3 is 5.32 Å². The maximum absolute atomic E-state index is 4.42. The lowest BCUT2D eigenvalue weighted by Crippen LogP contribution is -2.01. The Balaban J connectivity index is 2.04. The quantitative estimate of drug-likeness (QED) is 0.885. The van der Waals surface area contributed by atoms with Crippen LogP contribution >= 0.6 is 11.3 Å². The van der Waals surface area contributed by atoms with Crippen LogP contribution in [0.1, 0.15) is 21.3 Å². The first-order chi connectivity index (χ1) is 7.65. The molecule has 1 N–H and O–H groups in total. The molecule has 0 aliphatic heterocycles. The van der Waals surface area contributed by atoms with E-state index in [0.717, 1.165) is 28.6 Å². The molecule has 0 aromatic carbocycles. The topological polar surface area (TPSA) is 37.8 Å². The predicted octanol–water partition coefficient (Wildman–Crippen LogP) is 3.08. The van der Waals surface area contributed by atoms with Gasteiger partial charge in [-0.2, -0.15) is 0 Å². The number of aryl methyl sites for hydroxylation is 3. The van der Waals surface area contributed by atoms with Crippen molar-refractivity contribution in [2.75, 3.05) is 5.32 Å². The number of nitrogens with one attached hydrogen (secondary N) is 1. The van der Waals surface area contributed by atoms with Crippen molar-refractivity contribution in [1.82, 2.24) is 9.97 Å². The number of nitrogens with zero attached hydrogens (tertiary/aromatic N) is 2. The molecule has 16 heavy (non-hydrogen) atoms. The SMILES string of the molecule is Cc1ccc(NCc2cnc(C)s2)c(C)n1. The molecule has 2 aromatic heterocycles. The van der Waals surface area contributed by atoms with Crippen molar-refractivity contribution in [3.63, 3.8) is 0 Å². The number of hydrogen-bond acceptors (Lipinski definition) is 4. The third-order valence-corrected chi connectivity index (χ3v) is 3.26. The van der Waals surface area contributed by atoms with Crippen LogP contribution in [0.5, 0.6) is 0 Å². The second-order valence-corrected chi connectivity index (χ2v) is 5.10. The van der Waals surface area contributed by atoms with Crippen LogP contribution in [-0.4, -0.2) is 9.97 Å². The Morgan fingerprint density at radius 2 is 2.06 bits per heavy atom. The number of hydrogen-bond donors (Lipinski definition) is 1. The van der Waals surface area contributed by atoms with E-state index < -0.39 is 0 Å². The highest BCUT2D eigenvalue weighted by molar-refractivity contribution is 7.11. The molecule has 84 valence electrons. The Morgan fingerprint density at radius 3 is 2.69 bits per heavy atom. The van der Waals surface area contributed by atoms with Crippen molar-refractivity contribution >= 4 is 17.0 Å². The van der Waals surface area contributed by atoms with Gasteiger partial charge in [0.25, 0.3) is 0 Å². The minimum Gasteiger partial charge on any atom is -0.379 e. The Labute approximate surface area is 99.6 Å². The van der Waals surface area contributed by atoms with Gasteiger partial charge in [0.15, 0.2) is 0 Å². The van der Waals surface area contributed by atoms with Crippen molar-refractivity contribution in [1.29, 1.82) is 0 Å². The van der Waals surface area contributed by atoms with Crippen LogP contribution in [0.3, 0.4) is 0 Å². The van der Waals surface area contributed by atoms with E-state index in [1.807, 2.05) is 33.0 Å². The fraction of sp³-hybridized carbons (Fsp3) is 0.333.